The molecule has 0 aliphatic rings. The Morgan fingerprint density at radius 2 is 2.08 bits per heavy atom. The van der Waals surface area contributed by atoms with Gasteiger partial charge in [-0.2, -0.15) is 4.31 Å². The third-order valence-corrected chi connectivity index (χ3v) is 4.78. The first kappa shape index (κ1) is 18.4. The van der Waals surface area contributed by atoms with E-state index in [0.717, 1.165) is 16.1 Å². The molecule has 128 valence electrons. The Balaban J connectivity index is 2.12. The van der Waals surface area contributed by atoms with E-state index >= 15 is 0 Å². The van der Waals surface area contributed by atoms with Crippen LogP contribution in [0.15, 0.2) is 42.7 Å². The number of benzene rings is 1. The van der Waals surface area contributed by atoms with Crippen LogP contribution in [0.3, 0.4) is 0 Å². The molecule has 0 saturated heterocycles. The van der Waals surface area contributed by atoms with Crippen molar-refractivity contribution in [2.75, 3.05) is 18.1 Å². The number of nitrogens with one attached hydrogen (secondary N) is 1. The molecule has 0 spiro atoms. The summed E-state index contributed by atoms with van der Waals surface area (Å²) < 4.78 is 25.0. The zero-order valence-corrected chi connectivity index (χ0v) is 14.9. The third-order valence-electron chi connectivity index (χ3n) is 3.34. The molecule has 0 unspecified atom stereocenters. The van der Waals surface area contributed by atoms with E-state index in [-0.39, 0.29) is 13.1 Å². The molecule has 0 atom stereocenters. The van der Waals surface area contributed by atoms with Gasteiger partial charge in [-0.1, -0.05) is 23.7 Å². The van der Waals surface area contributed by atoms with Crippen LogP contribution in [0.5, 0.6) is 0 Å². The number of sulfonamides is 1. The fourth-order valence-electron chi connectivity index (χ4n) is 2.06. The summed E-state index contributed by atoms with van der Waals surface area (Å²) in [4.78, 5) is 16.2. The first-order valence-corrected chi connectivity index (χ1v) is 9.38. The number of rotatable bonds is 6. The van der Waals surface area contributed by atoms with E-state index in [1.807, 2.05) is 6.92 Å². The molecular weight excluding hydrogens is 350 g/mol. The quantitative estimate of drug-likeness (QED) is 0.850. The number of aryl methyl sites for hydroxylation is 1. The lowest BCUT2D eigenvalue weighted by Gasteiger charge is -2.19. The summed E-state index contributed by atoms with van der Waals surface area (Å²) in [6.45, 7) is 1.62. The fourth-order valence-corrected chi connectivity index (χ4v) is 2.97. The SMILES string of the molecule is Cc1ccc(Cl)cc1NC(=O)CN(Cc1cccnc1)S(C)(=O)=O. The molecule has 0 aliphatic carbocycles. The highest BCUT2D eigenvalue weighted by atomic mass is 35.5. The number of aromatic nitrogens is 1. The van der Waals surface area contributed by atoms with Gasteiger partial charge in [0.2, 0.25) is 15.9 Å². The molecule has 0 saturated carbocycles. The Labute approximate surface area is 146 Å². The molecule has 2 aromatic rings. The van der Waals surface area contributed by atoms with E-state index in [4.69, 9.17) is 11.6 Å². The molecular formula is C16H18ClN3O3S. The van der Waals surface area contributed by atoms with Crippen LogP contribution in [0, 0.1) is 6.92 Å². The highest BCUT2D eigenvalue weighted by Crippen LogP contribution is 2.20. The Morgan fingerprint density at radius 3 is 2.71 bits per heavy atom. The van der Waals surface area contributed by atoms with Crippen molar-refractivity contribution in [3.63, 3.8) is 0 Å². The molecule has 0 fully saturated rings. The van der Waals surface area contributed by atoms with E-state index in [9.17, 15) is 13.2 Å². The van der Waals surface area contributed by atoms with Crippen molar-refractivity contribution in [3.8, 4) is 0 Å². The maximum Gasteiger partial charge on any atom is 0.239 e. The smallest absolute Gasteiger partial charge is 0.239 e. The number of carbonyl (C=O) groups is 1. The standard InChI is InChI=1S/C16H18ClN3O3S/c1-12-5-6-14(17)8-15(12)19-16(21)11-20(24(2,22)23)10-13-4-3-7-18-9-13/h3-9H,10-11H2,1-2H3,(H,19,21). The van der Waals surface area contributed by atoms with Gasteiger partial charge in [0, 0.05) is 29.6 Å². The van der Waals surface area contributed by atoms with Crippen molar-refractivity contribution >= 4 is 33.2 Å². The van der Waals surface area contributed by atoms with Gasteiger partial charge >= 0.3 is 0 Å². The van der Waals surface area contributed by atoms with Crippen molar-refractivity contribution in [3.05, 3.63) is 58.9 Å². The lowest BCUT2D eigenvalue weighted by atomic mass is 10.2. The Morgan fingerprint density at radius 1 is 1.33 bits per heavy atom. The predicted molar refractivity (Wildman–Crippen MR) is 94.3 cm³/mol. The Hall–Kier alpha value is -1.96. The van der Waals surface area contributed by atoms with E-state index in [1.54, 1.807) is 42.7 Å². The number of halogens is 1. The van der Waals surface area contributed by atoms with Gasteiger partial charge in [0.15, 0.2) is 0 Å². The van der Waals surface area contributed by atoms with Crippen LogP contribution in [-0.2, 0) is 21.4 Å². The lowest BCUT2D eigenvalue weighted by molar-refractivity contribution is -0.116. The largest absolute Gasteiger partial charge is 0.325 e. The molecule has 8 heteroatoms. The van der Waals surface area contributed by atoms with Crippen LogP contribution in [0.1, 0.15) is 11.1 Å². The zero-order valence-electron chi connectivity index (χ0n) is 13.4. The van der Waals surface area contributed by atoms with E-state index in [1.165, 1.54) is 0 Å². The van der Waals surface area contributed by atoms with Gasteiger partial charge in [-0.3, -0.25) is 9.78 Å². The number of hydrogen-bond donors (Lipinski definition) is 1. The summed E-state index contributed by atoms with van der Waals surface area (Å²) in [6, 6.07) is 8.59. The van der Waals surface area contributed by atoms with Crippen molar-refractivity contribution in [2.45, 2.75) is 13.5 Å². The van der Waals surface area contributed by atoms with Crippen molar-refractivity contribution in [2.24, 2.45) is 0 Å². The molecule has 2 rings (SSSR count). The Bertz CT molecular complexity index is 826. The fraction of sp³-hybridized carbons (Fsp3) is 0.250. The minimum Gasteiger partial charge on any atom is -0.325 e. The molecule has 1 N–H and O–H groups in total. The average molecular weight is 368 g/mol. The van der Waals surface area contributed by atoms with Gasteiger partial charge in [0.1, 0.15) is 0 Å². The minimum atomic E-state index is -3.55. The summed E-state index contributed by atoms with van der Waals surface area (Å²) in [5.74, 6) is -0.435. The van der Waals surface area contributed by atoms with Crippen molar-refractivity contribution in [1.82, 2.24) is 9.29 Å². The highest BCUT2D eigenvalue weighted by Gasteiger charge is 2.21. The van der Waals surface area contributed by atoms with Gasteiger partial charge in [-0.15, -0.1) is 0 Å². The maximum absolute atomic E-state index is 12.2. The molecule has 1 aromatic carbocycles. The molecule has 0 bridgehead atoms. The van der Waals surface area contributed by atoms with Gasteiger partial charge in [0.05, 0.1) is 12.8 Å². The number of pyridine rings is 1. The summed E-state index contributed by atoms with van der Waals surface area (Å²) in [7, 11) is -3.55. The lowest BCUT2D eigenvalue weighted by Crippen LogP contribution is -2.37. The third kappa shape index (κ3) is 5.30. The van der Waals surface area contributed by atoms with E-state index in [2.05, 4.69) is 10.3 Å². The number of nitrogens with zero attached hydrogens (tertiary/aromatic N) is 2. The molecule has 6 nitrogen and oxygen atoms in total. The van der Waals surface area contributed by atoms with Crippen LogP contribution in [0.2, 0.25) is 5.02 Å². The topological polar surface area (TPSA) is 79.4 Å². The number of hydrogen-bond acceptors (Lipinski definition) is 4. The normalized spacial score (nSPS) is 11.5. The van der Waals surface area contributed by atoms with Gasteiger partial charge in [0.25, 0.3) is 0 Å². The maximum atomic E-state index is 12.2. The molecule has 24 heavy (non-hydrogen) atoms. The van der Waals surface area contributed by atoms with Gasteiger partial charge < -0.3 is 5.32 Å². The minimum absolute atomic E-state index is 0.0780. The second-order valence-corrected chi connectivity index (χ2v) is 7.82. The van der Waals surface area contributed by atoms with Gasteiger partial charge in [-0.25, -0.2) is 8.42 Å². The van der Waals surface area contributed by atoms with Gasteiger partial charge in [-0.05, 0) is 36.2 Å². The summed E-state index contributed by atoms with van der Waals surface area (Å²) in [5.41, 5.74) is 2.10. The second kappa shape index (κ2) is 7.74. The van der Waals surface area contributed by atoms with E-state index < -0.39 is 15.9 Å². The Kier molecular flexibility index (Phi) is 5.93. The van der Waals surface area contributed by atoms with Crippen LogP contribution < -0.4 is 5.32 Å². The van der Waals surface area contributed by atoms with Crippen LogP contribution in [0.4, 0.5) is 5.69 Å². The first-order valence-electron chi connectivity index (χ1n) is 7.16. The monoisotopic (exact) mass is 367 g/mol. The van der Waals surface area contributed by atoms with Crippen molar-refractivity contribution in [1.29, 1.82) is 0 Å². The molecule has 1 aromatic heterocycles. The summed E-state index contributed by atoms with van der Waals surface area (Å²) in [5, 5.41) is 3.19. The summed E-state index contributed by atoms with van der Waals surface area (Å²) >= 11 is 5.92. The number of anilines is 1. The molecule has 1 amide bonds. The van der Waals surface area contributed by atoms with Crippen LogP contribution in [0.25, 0.3) is 0 Å². The van der Waals surface area contributed by atoms with Crippen LogP contribution in [-0.4, -0.2) is 36.4 Å². The average Bonchev–Trinajstić information content (AvgIpc) is 2.50. The van der Waals surface area contributed by atoms with Crippen molar-refractivity contribution < 1.29 is 13.2 Å². The number of carbonyl (C=O) groups excluding carboxylic acids is 1. The van der Waals surface area contributed by atoms with Crippen LogP contribution >= 0.6 is 11.6 Å². The number of amides is 1. The molecule has 1 heterocycles. The molecule has 0 aliphatic heterocycles. The zero-order chi connectivity index (χ0) is 17.7. The predicted octanol–water partition coefficient (Wildman–Crippen LogP) is 2.44. The second-order valence-electron chi connectivity index (χ2n) is 5.40. The first-order chi connectivity index (χ1) is 11.3. The summed E-state index contributed by atoms with van der Waals surface area (Å²) in [6.07, 6.45) is 4.24. The molecule has 0 radical (unpaired) electrons. The van der Waals surface area contributed by atoms with E-state index in [0.29, 0.717) is 16.3 Å². The highest BCUT2D eigenvalue weighted by molar-refractivity contribution is 7.88.